The van der Waals surface area contributed by atoms with E-state index in [2.05, 4.69) is 10.6 Å². The summed E-state index contributed by atoms with van der Waals surface area (Å²) >= 11 is 0. The molecule has 2 N–H and O–H groups in total. The third-order valence-electron chi connectivity index (χ3n) is 2.18. The molecule has 2 amide bonds. The van der Waals surface area contributed by atoms with Crippen LogP contribution in [0.1, 0.15) is 39.5 Å². The molecule has 0 aromatic rings. The summed E-state index contributed by atoms with van der Waals surface area (Å²) < 4.78 is 0. The minimum absolute atomic E-state index is 0.0309. The van der Waals surface area contributed by atoms with Gasteiger partial charge in [-0.1, -0.05) is 6.08 Å². The zero-order chi connectivity index (χ0) is 13.8. The normalized spacial score (nSPS) is 10.3. The fourth-order valence-electron chi connectivity index (χ4n) is 1.36. The maximum atomic E-state index is 11.4. The number of ketones is 1. The van der Waals surface area contributed by atoms with Crippen LogP contribution >= 0.6 is 0 Å². The van der Waals surface area contributed by atoms with Gasteiger partial charge in [0.25, 0.3) is 0 Å². The topological polar surface area (TPSA) is 75.3 Å². The van der Waals surface area contributed by atoms with E-state index >= 15 is 0 Å². The van der Waals surface area contributed by atoms with Crippen LogP contribution in [0.25, 0.3) is 0 Å². The predicted molar refractivity (Wildman–Crippen MR) is 70.0 cm³/mol. The molecule has 0 atom stereocenters. The molecule has 0 aliphatic carbocycles. The Morgan fingerprint density at radius 3 is 2.17 bits per heavy atom. The number of rotatable bonds is 9. The van der Waals surface area contributed by atoms with Gasteiger partial charge in [-0.2, -0.15) is 0 Å². The molecule has 0 unspecified atom stereocenters. The molecule has 5 heteroatoms. The minimum Gasteiger partial charge on any atom is -0.356 e. The van der Waals surface area contributed by atoms with Crippen LogP contribution in [0.4, 0.5) is 0 Å². The number of hydrogen-bond acceptors (Lipinski definition) is 3. The van der Waals surface area contributed by atoms with Gasteiger partial charge in [0.05, 0.1) is 0 Å². The van der Waals surface area contributed by atoms with Crippen molar-refractivity contribution in [2.24, 2.45) is 0 Å². The molecule has 0 aliphatic heterocycles. The van der Waals surface area contributed by atoms with Crippen LogP contribution in [0, 0.1) is 0 Å². The molecule has 0 aliphatic rings. The molecule has 0 saturated carbocycles. The summed E-state index contributed by atoms with van der Waals surface area (Å²) in [6, 6.07) is 0. The first-order chi connectivity index (χ1) is 8.60. The molecule has 0 rings (SSSR count). The van der Waals surface area contributed by atoms with Gasteiger partial charge in [0.15, 0.2) is 5.78 Å². The van der Waals surface area contributed by atoms with Crippen LogP contribution in [0.15, 0.2) is 12.2 Å². The second kappa shape index (κ2) is 10.5. The van der Waals surface area contributed by atoms with Crippen LogP contribution in [0.2, 0.25) is 0 Å². The molecule has 0 fully saturated rings. The van der Waals surface area contributed by atoms with Gasteiger partial charge >= 0.3 is 0 Å². The van der Waals surface area contributed by atoms with E-state index in [1.54, 1.807) is 6.08 Å². The average molecular weight is 254 g/mol. The van der Waals surface area contributed by atoms with Gasteiger partial charge in [0.1, 0.15) is 0 Å². The largest absolute Gasteiger partial charge is 0.356 e. The number of carbonyl (C=O) groups is 3. The lowest BCUT2D eigenvalue weighted by Gasteiger charge is -2.00. The van der Waals surface area contributed by atoms with Crippen molar-refractivity contribution in [2.75, 3.05) is 13.1 Å². The van der Waals surface area contributed by atoms with Gasteiger partial charge < -0.3 is 10.6 Å². The number of amides is 2. The average Bonchev–Trinajstić information content (AvgIpc) is 2.29. The number of carbonyl (C=O) groups excluding carboxylic acids is 3. The van der Waals surface area contributed by atoms with Gasteiger partial charge in [-0.3, -0.25) is 14.4 Å². The van der Waals surface area contributed by atoms with Crippen molar-refractivity contribution in [3.63, 3.8) is 0 Å². The van der Waals surface area contributed by atoms with Gasteiger partial charge in [-0.05, 0) is 26.3 Å². The lowest BCUT2D eigenvalue weighted by atomic mass is 10.1. The fraction of sp³-hybridized carbons (Fsp3) is 0.615. The summed E-state index contributed by atoms with van der Waals surface area (Å²) in [4.78, 5) is 33.6. The molecular weight excluding hydrogens is 232 g/mol. The maximum absolute atomic E-state index is 11.4. The van der Waals surface area contributed by atoms with Crippen molar-refractivity contribution in [3.8, 4) is 0 Å². The summed E-state index contributed by atoms with van der Waals surface area (Å²) in [5.74, 6) is -0.177. The summed E-state index contributed by atoms with van der Waals surface area (Å²) in [5.41, 5.74) is 0. The van der Waals surface area contributed by atoms with E-state index in [1.807, 2.05) is 13.8 Å². The second-order valence-corrected chi connectivity index (χ2v) is 3.83. The van der Waals surface area contributed by atoms with Crippen LogP contribution in [0.3, 0.4) is 0 Å². The first-order valence-corrected chi connectivity index (χ1v) is 6.32. The van der Waals surface area contributed by atoms with Crippen molar-refractivity contribution < 1.29 is 14.4 Å². The molecule has 0 bridgehead atoms. The van der Waals surface area contributed by atoms with Gasteiger partial charge in [-0.25, -0.2) is 0 Å². The van der Waals surface area contributed by atoms with Crippen molar-refractivity contribution in [3.05, 3.63) is 12.2 Å². The van der Waals surface area contributed by atoms with E-state index in [1.165, 1.54) is 6.08 Å². The molecule has 0 heterocycles. The highest BCUT2D eigenvalue weighted by Crippen LogP contribution is 1.98. The van der Waals surface area contributed by atoms with E-state index in [4.69, 9.17) is 0 Å². The first-order valence-electron chi connectivity index (χ1n) is 6.32. The molecule has 0 aromatic heterocycles. The third kappa shape index (κ3) is 9.57. The smallest absolute Gasteiger partial charge is 0.223 e. The number of hydrogen-bond donors (Lipinski definition) is 2. The Hall–Kier alpha value is -1.65. The molecule has 0 radical (unpaired) electrons. The van der Waals surface area contributed by atoms with Gasteiger partial charge in [0.2, 0.25) is 11.8 Å². The third-order valence-corrected chi connectivity index (χ3v) is 2.18. The molecule has 0 spiro atoms. The van der Waals surface area contributed by atoms with E-state index in [9.17, 15) is 14.4 Å². The second-order valence-electron chi connectivity index (χ2n) is 3.83. The summed E-state index contributed by atoms with van der Waals surface area (Å²) in [6.45, 7) is 4.90. The SMILES string of the molecule is CCNC(=O)C/C=C/C(=O)CCCC(=O)NCC. The highest BCUT2D eigenvalue weighted by molar-refractivity contribution is 5.90. The minimum atomic E-state index is -0.0936. The van der Waals surface area contributed by atoms with E-state index in [0.29, 0.717) is 32.4 Å². The van der Waals surface area contributed by atoms with Crippen molar-refractivity contribution in [1.82, 2.24) is 10.6 Å². The van der Waals surface area contributed by atoms with E-state index in [0.717, 1.165) is 0 Å². The highest BCUT2D eigenvalue weighted by atomic mass is 16.2. The quantitative estimate of drug-likeness (QED) is 0.601. The Labute approximate surface area is 108 Å². The fourth-order valence-corrected chi connectivity index (χ4v) is 1.36. The Morgan fingerprint density at radius 1 is 0.944 bits per heavy atom. The molecule has 5 nitrogen and oxygen atoms in total. The first kappa shape index (κ1) is 16.4. The van der Waals surface area contributed by atoms with Crippen molar-refractivity contribution in [2.45, 2.75) is 39.5 Å². The van der Waals surface area contributed by atoms with Crippen molar-refractivity contribution >= 4 is 17.6 Å². The predicted octanol–water partition coefficient (Wildman–Crippen LogP) is 0.944. The molecule has 102 valence electrons. The lowest BCUT2D eigenvalue weighted by molar-refractivity contribution is -0.121. The summed E-state index contributed by atoms with van der Waals surface area (Å²) in [6.07, 6.45) is 4.42. The summed E-state index contributed by atoms with van der Waals surface area (Å²) in [7, 11) is 0. The van der Waals surface area contributed by atoms with E-state index < -0.39 is 0 Å². The van der Waals surface area contributed by atoms with Crippen LogP contribution in [0.5, 0.6) is 0 Å². The maximum Gasteiger partial charge on any atom is 0.223 e. The van der Waals surface area contributed by atoms with Crippen molar-refractivity contribution in [1.29, 1.82) is 0 Å². The van der Waals surface area contributed by atoms with Crippen LogP contribution in [-0.2, 0) is 14.4 Å². The zero-order valence-electron chi connectivity index (χ0n) is 11.1. The monoisotopic (exact) mass is 254 g/mol. The summed E-state index contributed by atoms with van der Waals surface area (Å²) in [5, 5.41) is 5.31. The standard InChI is InChI=1S/C13H22N2O3/c1-3-14-12(17)9-5-7-11(16)8-6-10-13(18)15-4-2/h5,7H,3-4,6,8-10H2,1-2H3,(H,14,17)(H,15,18)/b7-5+. The van der Waals surface area contributed by atoms with E-state index in [-0.39, 0.29) is 24.0 Å². The highest BCUT2D eigenvalue weighted by Gasteiger charge is 2.02. The van der Waals surface area contributed by atoms with Crippen LogP contribution in [-0.4, -0.2) is 30.7 Å². The van der Waals surface area contributed by atoms with Crippen LogP contribution < -0.4 is 10.6 Å². The Balaban J connectivity index is 3.68. The Bertz CT molecular complexity index is 311. The van der Waals surface area contributed by atoms with Gasteiger partial charge in [0, 0.05) is 32.4 Å². The number of allylic oxidation sites excluding steroid dienone is 1. The zero-order valence-corrected chi connectivity index (χ0v) is 11.1. The Morgan fingerprint density at radius 2 is 1.56 bits per heavy atom. The molecule has 18 heavy (non-hydrogen) atoms. The van der Waals surface area contributed by atoms with Gasteiger partial charge in [-0.15, -0.1) is 0 Å². The molecule has 0 saturated heterocycles. The number of nitrogens with one attached hydrogen (secondary N) is 2. The Kier molecular flexibility index (Phi) is 9.54. The molecule has 0 aromatic carbocycles. The molecular formula is C13H22N2O3. The lowest BCUT2D eigenvalue weighted by Crippen LogP contribution is -2.22.